The van der Waals surface area contributed by atoms with E-state index in [0.29, 0.717) is 6.42 Å². The van der Waals surface area contributed by atoms with Crippen LogP contribution in [0.25, 0.3) is 0 Å². The molecule has 1 atom stereocenters. The zero-order valence-electron chi connectivity index (χ0n) is 8.67. The van der Waals surface area contributed by atoms with Crippen molar-refractivity contribution in [2.75, 3.05) is 13.2 Å². The molecule has 1 aromatic rings. The predicted octanol–water partition coefficient (Wildman–Crippen LogP) is 2.59. The summed E-state index contributed by atoms with van der Waals surface area (Å²) < 4.78 is 39.7. The van der Waals surface area contributed by atoms with Crippen LogP contribution in [-0.4, -0.2) is 25.4 Å². The molecule has 0 amide bonds. The summed E-state index contributed by atoms with van der Waals surface area (Å²) in [6.45, 7) is -1.28. The Morgan fingerprint density at radius 3 is 2.75 bits per heavy atom. The largest absolute Gasteiger partial charge is 0.411 e. The van der Waals surface area contributed by atoms with Crippen LogP contribution in [0.3, 0.4) is 0 Å². The maximum Gasteiger partial charge on any atom is 0.411 e. The van der Waals surface area contributed by atoms with Gasteiger partial charge in [-0.2, -0.15) is 24.5 Å². The molecule has 1 aromatic heterocycles. The third-order valence-electron chi connectivity index (χ3n) is 1.98. The molecule has 6 heteroatoms. The van der Waals surface area contributed by atoms with Crippen LogP contribution in [0.15, 0.2) is 16.8 Å². The van der Waals surface area contributed by atoms with Gasteiger partial charge in [0.1, 0.15) is 6.61 Å². The smallest absolute Gasteiger partial charge is 0.370 e. The van der Waals surface area contributed by atoms with Crippen LogP contribution in [0, 0.1) is 0 Å². The van der Waals surface area contributed by atoms with Crippen molar-refractivity contribution >= 4 is 11.3 Å². The Bertz CT molecular complexity index is 287. The van der Waals surface area contributed by atoms with Gasteiger partial charge in [-0.1, -0.05) is 0 Å². The Morgan fingerprint density at radius 2 is 2.19 bits per heavy atom. The molecule has 0 aromatic carbocycles. The van der Waals surface area contributed by atoms with E-state index in [2.05, 4.69) is 4.74 Å². The van der Waals surface area contributed by atoms with Gasteiger partial charge in [-0.3, -0.25) is 0 Å². The third kappa shape index (κ3) is 6.09. The number of thiophene rings is 1. The topological polar surface area (TPSA) is 35.2 Å². The summed E-state index contributed by atoms with van der Waals surface area (Å²) in [6, 6.07) is 1.63. The highest BCUT2D eigenvalue weighted by Gasteiger charge is 2.27. The van der Waals surface area contributed by atoms with Crippen LogP contribution < -0.4 is 5.73 Å². The first-order valence-corrected chi connectivity index (χ1v) is 5.83. The molecule has 1 unspecified atom stereocenters. The predicted molar refractivity (Wildman–Crippen MR) is 57.5 cm³/mol. The molecule has 1 rings (SSSR count). The van der Waals surface area contributed by atoms with Gasteiger partial charge in [0.05, 0.1) is 6.61 Å². The number of alkyl halides is 3. The van der Waals surface area contributed by atoms with Crippen LogP contribution in [0.4, 0.5) is 13.2 Å². The van der Waals surface area contributed by atoms with Gasteiger partial charge in [0.2, 0.25) is 0 Å². The van der Waals surface area contributed by atoms with E-state index < -0.39 is 12.8 Å². The molecule has 16 heavy (non-hydrogen) atoms. The van der Waals surface area contributed by atoms with Crippen molar-refractivity contribution in [3.8, 4) is 0 Å². The molecule has 0 radical (unpaired) electrons. The van der Waals surface area contributed by atoms with E-state index in [1.807, 2.05) is 16.8 Å². The Balaban J connectivity index is 2.09. The van der Waals surface area contributed by atoms with Gasteiger partial charge < -0.3 is 10.5 Å². The molecular weight excluding hydrogens is 239 g/mol. The Morgan fingerprint density at radius 1 is 1.44 bits per heavy atom. The lowest BCUT2D eigenvalue weighted by Gasteiger charge is -2.12. The lowest BCUT2D eigenvalue weighted by molar-refractivity contribution is -0.174. The summed E-state index contributed by atoms with van der Waals surface area (Å²) in [6.07, 6.45) is -2.86. The summed E-state index contributed by atoms with van der Waals surface area (Å²) >= 11 is 1.59. The molecular formula is C10H14F3NOS. The maximum absolute atomic E-state index is 11.8. The fourth-order valence-corrected chi connectivity index (χ4v) is 1.90. The lowest BCUT2D eigenvalue weighted by atomic mass is 10.1. The average molecular weight is 253 g/mol. The zero-order valence-corrected chi connectivity index (χ0v) is 9.48. The zero-order chi connectivity index (χ0) is 12.0. The average Bonchev–Trinajstić information content (AvgIpc) is 2.65. The minimum Gasteiger partial charge on any atom is -0.370 e. The van der Waals surface area contributed by atoms with E-state index in [0.717, 1.165) is 12.0 Å². The summed E-state index contributed by atoms with van der Waals surface area (Å²) in [7, 11) is 0. The maximum atomic E-state index is 11.8. The molecule has 0 saturated carbocycles. The first kappa shape index (κ1) is 13.5. The number of halogens is 3. The Kier molecular flexibility index (Phi) is 5.24. The van der Waals surface area contributed by atoms with Crippen molar-refractivity contribution in [3.05, 3.63) is 22.4 Å². The van der Waals surface area contributed by atoms with E-state index in [1.165, 1.54) is 0 Å². The second-order valence-corrected chi connectivity index (χ2v) is 4.34. The highest BCUT2D eigenvalue weighted by atomic mass is 32.1. The van der Waals surface area contributed by atoms with E-state index in [-0.39, 0.29) is 12.6 Å². The standard InChI is InChI=1S/C10H14F3NOS/c11-10(12,13)7-15-5-9(14)2-1-8-3-4-16-6-8/h3-4,6,9H,1-2,5,7,14H2. The third-order valence-corrected chi connectivity index (χ3v) is 2.71. The minimum atomic E-state index is -4.27. The number of ether oxygens (including phenoxy) is 1. The first-order chi connectivity index (χ1) is 7.47. The van der Waals surface area contributed by atoms with Crippen LogP contribution >= 0.6 is 11.3 Å². The summed E-state index contributed by atoms with van der Waals surface area (Å²) in [5, 5.41) is 3.96. The van der Waals surface area contributed by atoms with Gasteiger partial charge in [0.15, 0.2) is 0 Å². The van der Waals surface area contributed by atoms with E-state index in [4.69, 9.17) is 5.73 Å². The van der Waals surface area contributed by atoms with Crippen molar-refractivity contribution < 1.29 is 17.9 Å². The van der Waals surface area contributed by atoms with Crippen molar-refractivity contribution in [2.45, 2.75) is 25.1 Å². The van der Waals surface area contributed by atoms with Gasteiger partial charge in [-0.25, -0.2) is 0 Å². The molecule has 0 aliphatic heterocycles. The molecule has 0 aliphatic rings. The SMILES string of the molecule is NC(CCc1ccsc1)COCC(F)(F)F. The van der Waals surface area contributed by atoms with E-state index in [1.54, 1.807) is 11.3 Å². The van der Waals surface area contributed by atoms with Crippen LogP contribution in [0.1, 0.15) is 12.0 Å². The lowest BCUT2D eigenvalue weighted by Crippen LogP contribution is -2.29. The van der Waals surface area contributed by atoms with Crippen molar-refractivity contribution in [1.29, 1.82) is 0 Å². The molecule has 92 valence electrons. The van der Waals surface area contributed by atoms with Gasteiger partial charge in [-0.15, -0.1) is 0 Å². The molecule has 0 aliphatic carbocycles. The molecule has 2 nitrogen and oxygen atoms in total. The first-order valence-electron chi connectivity index (χ1n) is 4.88. The number of rotatable bonds is 6. The second kappa shape index (κ2) is 6.22. The number of hydrogen-bond acceptors (Lipinski definition) is 3. The Labute approximate surface area is 96.2 Å². The number of nitrogens with two attached hydrogens (primary N) is 1. The van der Waals surface area contributed by atoms with Gasteiger partial charge in [0, 0.05) is 6.04 Å². The van der Waals surface area contributed by atoms with Crippen molar-refractivity contribution in [2.24, 2.45) is 5.73 Å². The van der Waals surface area contributed by atoms with E-state index >= 15 is 0 Å². The molecule has 0 fully saturated rings. The summed E-state index contributed by atoms with van der Waals surface area (Å²) in [5.74, 6) is 0. The number of aryl methyl sites for hydroxylation is 1. The highest BCUT2D eigenvalue weighted by Crippen LogP contribution is 2.15. The van der Waals surface area contributed by atoms with Crippen LogP contribution in [0.2, 0.25) is 0 Å². The van der Waals surface area contributed by atoms with Gasteiger partial charge in [-0.05, 0) is 35.2 Å². The summed E-state index contributed by atoms with van der Waals surface area (Å²) in [5.41, 5.74) is 6.79. The van der Waals surface area contributed by atoms with Gasteiger partial charge in [0.25, 0.3) is 0 Å². The fraction of sp³-hybridized carbons (Fsp3) is 0.600. The fourth-order valence-electron chi connectivity index (χ4n) is 1.20. The van der Waals surface area contributed by atoms with Crippen molar-refractivity contribution in [1.82, 2.24) is 0 Å². The van der Waals surface area contributed by atoms with E-state index in [9.17, 15) is 13.2 Å². The van der Waals surface area contributed by atoms with Crippen LogP contribution in [-0.2, 0) is 11.2 Å². The molecule has 1 heterocycles. The quantitative estimate of drug-likeness (QED) is 0.845. The minimum absolute atomic E-state index is 0.0519. The monoisotopic (exact) mass is 253 g/mol. The van der Waals surface area contributed by atoms with Gasteiger partial charge >= 0.3 is 6.18 Å². The Hall–Kier alpha value is -0.590. The van der Waals surface area contributed by atoms with Crippen LogP contribution in [0.5, 0.6) is 0 Å². The molecule has 0 saturated heterocycles. The highest BCUT2D eigenvalue weighted by molar-refractivity contribution is 7.07. The molecule has 0 bridgehead atoms. The summed E-state index contributed by atoms with van der Waals surface area (Å²) in [4.78, 5) is 0. The second-order valence-electron chi connectivity index (χ2n) is 3.56. The van der Waals surface area contributed by atoms with Crippen molar-refractivity contribution in [3.63, 3.8) is 0 Å². The number of hydrogen-bond donors (Lipinski definition) is 1. The molecule has 2 N–H and O–H groups in total. The molecule has 0 spiro atoms. The normalized spacial score (nSPS) is 14.0.